The zero-order valence-electron chi connectivity index (χ0n) is 14.5. The van der Waals surface area contributed by atoms with Crippen molar-refractivity contribution in [1.82, 2.24) is 5.32 Å². The van der Waals surface area contributed by atoms with Crippen LogP contribution in [-0.2, 0) is 6.42 Å². The summed E-state index contributed by atoms with van der Waals surface area (Å²) in [7, 11) is 1.72. The Bertz CT molecular complexity index is 370. The SMILES string of the molecule is COc1ccc(CC(CCC(C)C)CNCC(C)C)cc1. The Morgan fingerprint density at radius 3 is 2.10 bits per heavy atom. The monoisotopic (exact) mass is 291 g/mol. The molecular formula is C19H33NO. The summed E-state index contributed by atoms with van der Waals surface area (Å²) < 4.78 is 5.23. The summed E-state index contributed by atoms with van der Waals surface area (Å²) in [6.45, 7) is 11.4. The first-order valence-electron chi connectivity index (χ1n) is 8.35. The summed E-state index contributed by atoms with van der Waals surface area (Å²) in [4.78, 5) is 0. The second-order valence-electron chi connectivity index (χ2n) is 6.94. The lowest BCUT2D eigenvalue weighted by Crippen LogP contribution is -2.27. The molecule has 1 atom stereocenters. The van der Waals surface area contributed by atoms with Gasteiger partial charge in [-0.15, -0.1) is 0 Å². The Balaban J connectivity index is 2.52. The summed E-state index contributed by atoms with van der Waals surface area (Å²) in [5, 5.41) is 3.63. The third-order valence-electron chi connectivity index (χ3n) is 3.82. The van der Waals surface area contributed by atoms with Crippen molar-refractivity contribution in [1.29, 1.82) is 0 Å². The molecule has 0 bridgehead atoms. The Morgan fingerprint density at radius 1 is 0.905 bits per heavy atom. The zero-order valence-corrected chi connectivity index (χ0v) is 14.5. The van der Waals surface area contributed by atoms with E-state index < -0.39 is 0 Å². The third-order valence-corrected chi connectivity index (χ3v) is 3.82. The molecule has 1 N–H and O–H groups in total. The van der Waals surface area contributed by atoms with E-state index in [4.69, 9.17) is 4.74 Å². The highest BCUT2D eigenvalue weighted by Crippen LogP contribution is 2.19. The summed E-state index contributed by atoms with van der Waals surface area (Å²) in [5.74, 6) is 3.17. The van der Waals surface area contributed by atoms with Crippen LogP contribution in [0, 0.1) is 17.8 Å². The number of hydrogen-bond acceptors (Lipinski definition) is 2. The molecule has 0 aliphatic heterocycles. The molecule has 0 aliphatic rings. The van der Waals surface area contributed by atoms with E-state index in [1.165, 1.54) is 18.4 Å². The molecule has 0 saturated heterocycles. The number of hydrogen-bond donors (Lipinski definition) is 1. The van der Waals surface area contributed by atoms with E-state index in [9.17, 15) is 0 Å². The van der Waals surface area contributed by atoms with Gasteiger partial charge in [0, 0.05) is 0 Å². The fourth-order valence-electron chi connectivity index (χ4n) is 2.52. The normalized spacial score (nSPS) is 12.9. The zero-order chi connectivity index (χ0) is 15.7. The molecule has 0 aromatic heterocycles. The van der Waals surface area contributed by atoms with Gasteiger partial charge < -0.3 is 10.1 Å². The average Bonchev–Trinajstić information content (AvgIpc) is 2.45. The van der Waals surface area contributed by atoms with Crippen molar-refractivity contribution in [2.45, 2.75) is 47.0 Å². The summed E-state index contributed by atoms with van der Waals surface area (Å²) in [5.41, 5.74) is 1.41. The lowest BCUT2D eigenvalue weighted by Gasteiger charge is -2.20. The standard InChI is InChI=1S/C19H33NO/c1-15(2)6-7-18(14-20-13-16(3)4)12-17-8-10-19(21-5)11-9-17/h8-11,15-16,18,20H,6-7,12-14H2,1-5H3. The molecule has 120 valence electrons. The van der Waals surface area contributed by atoms with E-state index in [2.05, 4.69) is 57.3 Å². The number of methoxy groups -OCH3 is 1. The van der Waals surface area contributed by atoms with Gasteiger partial charge in [0.1, 0.15) is 5.75 Å². The maximum absolute atomic E-state index is 5.23. The van der Waals surface area contributed by atoms with Crippen molar-refractivity contribution in [3.63, 3.8) is 0 Å². The van der Waals surface area contributed by atoms with Crippen LogP contribution in [0.25, 0.3) is 0 Å². The first-order valence-corrected chi connectivity index (χ1v) is 8.35. The molecule has 2 nitrogen and oxygen atoms in total. The predicted molar refractivity (Wildman–Crippen MR) is 92.0 cm³/mol. The van der Waals surface area contributed by atoms with Gasteiger partial charge >= 0.3 is 0 Å². The van der Waals surface area contributed by atoms with E-state index in [0.29, 0.717) is 0 Å². The molecule has 1 aromatic carbocycles. The molecular weight excluding hydrogens is 258 g/mol. The first-order chi connectivity index (χ1) is 10.0. The molecule has 2 heteroatoms. The maximum atomic E-state index is 5.23. The summed E-state index contributed by atoms with van der Waals surface area (Å²) >= 11 is 0. The van der Waals surface area contributed by atoms with Crippen molar-refractivity contribution in [2.75, 3.05) is 20.2 Å². The lowest BCUT2D eigenvalue weighted by molar-refractivity contribution is 0.388. The van der Waals surface area contributed by atoms with Crippen molar-refractivity contribution < 1.29 is 4.74 Å². The van der Waals surface area contributed by atoms with Gasteiger partial charge in [-0.25, -0.2) is 0 Å². The lowest BCUT2D eigenvalue weighted by atomic mass is 9.91. The topological polar surface area (TPSA) is 21.3 Å². The van der Waals surface area contributed by atoms with Crippen molar-refractivity contribution in [2.24, 2.45) is 17.8 Å². The molecule has 0 fully saturated rings. The van der Waals surface area contributed by atoms with Crippen molar-refractivity contribution in [3.8, 4) is 5.75 Å². The van der Waals surface area contributed by atoms with Gasteiger partial charge in [0.25, 0.3) is 0 Å². The Hall–Kier alpha value is -1.02. The van der Waals surface area contributed by atoms with Crippen LogP contribution < -0.4 is 10.1 Å². The molecule has 1 aromatic rings. The molecule has 0 radical (unpaired) electrons. The molecule has 0 saturated carbocycles. The highest BCUT2D eigenvalue weighted by atomic mass is 16.5. The summed E-state index contributed by atoms with van der Waals surface area (Å²) in [6, 6.07) is 8.53. The van der Waals surface area contributed by atoms with Gasteiger partial charge in [0.15, 0.2) is 0 Å². The van der Waals surface area contributed by atoms with Crippen LogP contribution in [0.1, 0.15) is 46.1 Å². The van der Waals surface area contributed by atoms with E-state index in [1.807, 2.05) is 0 Å². The van der Waals surface area contributed by atoms with Gasteiger partial charge in [0.05, 0.1) is 7.11 Å². The molecule has 1 unspecified atom stereocenters. The molecule has 0 spiro atoms. The summed E-state index contributed by atoms with van der Waals surface area (Å²) in [6.07, 6.45) is 3.76. The number of nitrogens with one attached hydrogen (secondary N) is 1. The van der Waals surface area contributed by atoms with E-state index in [0.717, 1.165) is 43.0 Å². The second-order valence-corrected chi connectivity index (χ2v) is 6.94. The van der Waals surface area contributed by atoms with Gasteiger partial charge in [-0.1, -0.05) is 46.2 Å². The van der Waals surface area contributed by atoms with Crippen LogP contribution in [0.5, 0.6) is 5.75 Å². The van der Waals surface area contributed by atoms with Gasteiger partial charge in [-0.05, 0) is 61.4 Å². The highest BCUT2D eigenvalue weighted by molar-refractivity contribution is 5.27. The largest absolute Gasteiger partial charge is 0.497 e. The van der Waals surface area contributed by atoms with Crippen LogP contribution in [0.2, 0.25) is 0 Å². The van der Waals surface area contributed by atoms with Crippen LogP contribution in [-0.4, -0.2) is 20.2 Å². The maximum Gasteiger partial charge on any atom is 0.118 e. The minimum Gasteiger partial charge on any atom is -0.497 e. The second kappa shape index (κ2) is 9.83. The van der Waals surface area contributed by atoms with Gasteiger partial charge in [0.2, 0.25) is 0 Å². The molecule has 0 aliphatic carbocycles. The van der Waals surface area contributed by atoms with Crippen LogP contribution in [0.3, 0.4) is 0 Å². The molecule has 0 heterocycles. The number of benzene rings is 1. The van der Waals surface area contributed by atoms with E-state index in [-0.39, 0.29) is 0 Å². The van der Waals surface area contributed by atoms with Crippen LogP contribution in [0.15, 0.2) is 24.3 Å². The molecule has 0 amide bonds. The smallest absolute Gasteiger partial charge is 0.118 e. The Morgan fingerprint density at radius 2 is 1.57 bits per heavy atom. The molecule has 1 rings (SSSR count). The average molecular weight is 291 g/mol. The fraction of sp³-hybridized carbons (Fsp3) is 0.684. The van der Waals surface area contributed by atoms with Gasteiger partial charge in [-0.3, -0.25) is 0 Å². The minimum absolute atomic E-state index is 0.719. The van der Waals surface area contributed by atoms with Gasteiger partial charge in [-0.2, -0.15) is 0 Å². The van der Waals surface area contributed by atoms with E-state index in [1.54, 1.807) is 7.11 Å². The Labute approximate surface area is 131 Å². The minimum atomic E-state index is 0.719. The highest BCUT2D eigenvalue weighted by Gasteiger charge is 2.11. The number of rotatable bonds is 10. The van der Waals surface area contributed by atoms with Crippen molar-refractivity contribution >= 4 is 0 Å². The Kier molecular flexibility index (Phi) is 8.44. The quantitative estimate of drug-likeness (QED) is 0.683. The molecule has 21 heavy (non-hydrogen) atoms. The first kappa shape index (κ1) is 18.0. The van der Waals surface area contributed by atoms with Crippen LogP contribution in [0.4, 0.5) is 0 Å². The predicted octanol–water partition coefficient (Wildman–Crippen LogP) is 4.54. The van der Waals surface area contributed by atoms with E-state index >= 15 is 0 Å². The fourth-order valence-corrected chi connectivity index (χ4v) is 2.52. The third kappa shape index (κ3) is 8.11. The van der Waals surface area contributed by atoms with Crippen molar-refractivity contribution in [3.05, 3.63) is 29.8 Å². The number of ether oxygens (including phenoxy) is 1. The van der Waals surface area contributed by atoms with Crippen LogP contribution >= 0.6 is 0 Å².